The third kappa shape index (κ3) is 4.80. The third-order valence-corrected chi connectivity index (χ3v) is 3.53. The minimum atomic E-state index is -3.84. The Morgan fingerprint density at radius 1 is 1.40 bits per heavy atom. The van der Waals surface area contributed by atoms with Crippen LogP contribution in [0.4, 0.5) is 5.69 Å². The van der Waals surface area contributed by atoms with Crippen molar-refractivity contribution in [2.24, 2.45) is 5.14 Å². The maximum Gasteiger partial charge on any atom is 0.242 e. The van der Waals surface area contributed by atoms with Gasteiger partial charge in [0, 0.05) is 13.7 Å². The van der Waals surface area contributed by atoms with Gasteiger partial charge in [0.05, 0.1) is 12.3 Å². The van der Waals surface area contributed by atoms with Crippen molar-refractivity contribution in [2.45, 2.75) is 17.9 Å². The number of benzene rings is 1. The van der Waals surface area contributed by atoms with E-state index in [0.29, 0.717) is 18.8 Å². The van der Waals surface area contributed by atoms with Gasteiger partial charge in [-0.3, -0.25) is 4.79 Å². The summed E-state index contributed by atoms with van der Waals surface area (Å²) in [6.07, 6.45) is 0. The first-order valence-electron chi connectivity index (χ1n) is 6.01. The molecule has 0 aromatic heterocycles. The number of anilines is 1. The molecule has 112 valence electrons. The summed E-state index contributed by atoms with van der Waals surface area (Å²) in [6.45, 7) is 2.42. The summed E-state index contributed by atoms with van der Waals surface area (Å²) in [7, 11) is -2.30. The smallest absolute Gasteiger partial charge is 0.242 e. The van der Waals surface area contributed by atoms with E-state index in [1.807, 2.05) is 0 Å². The van der Waals surface area contributed by atoms with Gasteiger partial charge in [0.2, 0.25) is 15.9 Å². The number of para-hydroxylation sites is 1. The minimum absolute atomic E-state index is 0.0449. The number of hydrogen-bond acceptors (Lipinski definition) is 5. The molecule has 1 rings (SSSR count). The molecule has 1 unspecified atom stereocenters. The van der Waals surface area contributed by atoms with Crippen molar-refractivity contribution < 1.29 is 17.9 Å². The quantitative estimate of drug-likeness (QED) is 0.609. The molecule has 1 amide bonds. The second-order valence-corrected chi connectivity index (χ2v) is 5.72. The Balaban J connectivity index is 2.76. The standard InChI is InChI=1S/C12H19N3O4S/c1-9(12(16)14-7-8-19-2)15-10-5-3-4-6-11(10)20(13,17)18/h3-6,9,15H,7-8H2,1-2H3,(H,14,16)(H2,13,17,18). The molecule has 0 saturated carbocycles. The first-order valence-corrected chi connectivity index (χ1v) is 7.56. The zero-order chi connectivity index (χ0) is 15.2. The van der Waals surface area contributed by atoms with Gasteiger partial charge in [-0.05, 0) is 19.1 Å². The highest BCUT2D eigenvalue weighted by Gasteiger charge is 2.17. The van der Waals surface area contributed by atoms with Crippen LogP contribution >= 0.6 is 0 Å². The van der Waals surface area contributed by atoms with Crippen LogP contribution in [0, 0.1) is 0 Å². The summed E-state index contributed by atoms with van der Waals surface area (Å²) in [5, 5.41) is 10.6. The molecule has 7 nitrogen and oxygen atoms in total. The lowest BCUT2D eigenvalue weighted by atomic mass is 10.2. The maximum atomic E-state index is 11.8. The molecule has 0 spiro atoms. The number of primary sulfonamides is 1. The Bertz CT molecular complexity index is 560. The van der Waals surface area contributed by atoms with Crippen molar-refractivity contribution in [3.05, 3.63) is 24.3 Å². The number of carbonyl (C=O) groups excluding carboxylic acids is 1. The lowest BCUT2D eigenvalue weighted by Gasteiger charge is -2.17. The Labute approximate surface area is 118 Å². The number of nitrogens with one attached hydrogen (secondary N) is 2. The Kier molecular flexibility index (Phi) is 5.93. The molecule has 1 aromatic rings. The number of ether oxygens (including phenoxy) is 1. The molecule has 0 aliphatic rings. The van der Waals surface area contributed by atoms with Gasteiger partial charge in [-0.2, -0.15) is 0 Å². The van der Waals surface area contributed by atoms with Gasteiger partial charge < -0.3 is 15.4 Å². The number of nitrogens with two attached hydrogens (primary N) is 1. The van der Waals surface area contributed by atoms with Crippen molar-refractivity contribution in [3.8, 4) is 0 Å². The monoisotopic (exact) mass is 301 g/mol. The molecule has 1 atom stereocenters. The van der Waals surface area contributed by atoms with Crippen molar-refractivity contribution in [3.63, 3.8) is 0 Å². The molecule has 0 bridgehead atoms. The van der Waals surface area contributed by atoms with Crippen LogP contribution in [0.15, 0.2) is 29.2 Å². The van der Waals surface area contributed by atoms with E-state index < -0.39 is 16.1 Å². The normalized spacial score (nSPS) is 12.8. The van der Waals surface area contributed by atoms with Crippen LogP contribution in [0.3, 0.4) is 0 Å². The van der Waals surface area contributed by atoms with E-state index in [-0.39, 0.29) is 10.8 Å². The predicted octanol–water partition coefficient (Wildman–Crippen LogP) is -0.103. The number of amides is 1. The Morgan fingerprint density at radius 3 is 2.65 bits per heavy atom. The molecule has 4 N–H and O–H groups in total. The van der Waals surface area contributed by atoms with Crippen LogP contribution in [0.5, 0.6) is 0 Å². The molecule has 0 fully saturated rings. The number of hydrogen-bond donors (Lipinski definition) is 3. The number of rotatable bonds is 7. The van der Waals surface area contributed by atoms with E-state index in [9.17, 15) is 13.2 Å². The number of methoxy groups -OCH3 is 1. The van der Waals surface area contributed by atoms with Crippen molar-refractivity contribution in [1.82, 2.24) is 5.32 Å². The summed E-state index contributed by atoms with van der Waals surface area (Å²) in [5.74, 6) is -0.258. The predicted molar refractivity (Wildman–Crippen MR) is 75.8 cm³/mol. The van der Waals surface area contributed by atoms with E-state index in [2.05, 4.69) is 10.6 Å². The Morgan fingerprint density at radius 2 is 2.05 bits per heavy atom. The lowest BCUT2D eigenvalue weighted by molar-refractivity contribution is -0.121. The van der Waals surface area contributed by atoms with Gasteiger partial charge in [-0.1, -0.05) is 12.1 Å². The minimum Gasteiger partial charge on any atom is -0.383 e. The molecule has 0 saturated heterocycles. The van der Waals surface area contributed by atoms with Gasteiger partial charge in [0.1, 0.15) is 10.9 Å². The van der Waals surface area contributed by atoms with Gasteiger partial charge in [-0.15, -0.1) is 0 Å². The second kappa shape index (κ2) is 7.22. The summed E-state index contributed by atoms with van der Waals surface area (Å²) >= 11 is 0. The highest BCUT2D eigenvalue weighted by atomic mass is 32.2. The van der Waals surface area contributed by atoms with Crippen molar-refractivity contribution in [1.29, 1.82) is 0 Å². The molecule has 0 heterocycles. The first kappa shape index (κ1) is 16.4. The summed E-state index contributed by atoms with van der Waals surface area (Å²) < 4.78 is 27.7. The van der Waals surface area contributed by atoms with Crippen LogP contribution in [0.25, 0.3) is 0 Å². The highest BCUT2D eigenvalue weighted by Crippen LogP contribution is 2.19. The SMILES string of the molecule is COCCNC(=O)C(C)Nc1ccccc1S(N)(=O)=O. The van der Waals surface area contributed by atoms with E-state index in [0.717, 1.165) is 0 Å². The van der Waals surface area contributed by atoms with E-state index in [1.54, 1.807) is 25.1 Å². The van der Waals surface area contributed by atoms with E-state index >= 15 is 0 Å². The number of carbonyl (C=O) groups is 1. The van der Waals surface area contributed by atoms with Crippen molar-refractivity contribution in [2.75, 3.05) is 25.6 Å². The zero-order valence-electron chi connectivity index (χ0n) is 11.4. The largest absolute Gasteiger partial charge is 0.383 e. The first-order chi connectivity index (χ1) is 9.36. The summed E-state index contributed by atoms with van der Waals surface area (Å²) in [5.41, 5.74) is 0.296. The molecule has 20 heavy (non-hydrogen) atoms. The van der Waals surface area contributed by atoms with Crippen LogP contribution in [0.1, 0.15) is 6.92 Å². The maximum absolute atomic E-state index is 11.8. The topological polar surface area (TPSA) is 111 Å². The van der Waals surface area contributed by atoms with Crippen LogP contribution in [-0.2, 0) is 19.6 Å². The van der Waals surface area contributed by atoms with E-state index in [4.69, 9.17) is 9.88 Å². The van der Waals surface area contributed by atoms with Gasteiger partial charge >= 0.3 is 0 Å². The second-order valence-electron chi connectivity index (χ2n) is 4.19. The fourth-order valence-corrected chi connectivity index (χ4v) is 2.26. The van der Waals surface area contributed by atoms with Crippen LogP contribution in [0.2, 0.25) is 0 Å². The average Bonchev–Trinajstić information content (AvgIpc) is 2.38. The van der Waals surface area contributed by atoms with Gasteiger partial charge in [0.15, 0.2) is 0 Å². The zero-order valence-corrected chi connectivity index (χ0v) is 12.2. The molecular formula is C12H19N3O4S. The molecular weight excluding hydrogens is 282 g/mol. The van der Waals surface area contributed by atoms with Crippen LogP contribution in [-0.4, -0.2) is 40.6 Å². The lowest BCUT2D eigenvalue weighted by Crippen LogP contribution is -2.39. The molecule has 0 radical (unpaired) electrons. The van der Waals surface area contributed by atoms with Crippen molar-refractivity contribution >= 4 is 21.6 Å². The molecule has 0 aliphatic heterocycles. The third-order valence-electron chi connectivity index (χ3n) is 2.56. The summed E-state index contributed by atoms with van der Waals surface area (Å²) in [4.78, 5) is 11.7. The molecule has 1 aromatic carbocycles. The van der Waals surface area contributed by atoms with Gasteiger partial charge in [-0.25, -0.2) is 13.6 Å². The summed E-state index contributed by atoms with van der Waals surface area (Å²) in [6, 6.07) is 5.56. The van der Waals surface area contributed by atoms with E-state index in [1.165, 1.54) is 13.2 Å². The fourth-order valence-electron chi connectivity index (χ4n) is 1.56. The van der Waals surface area contributed by atoms with Gasteiger partial charge in [0.25, 0.3) is 0 Å². The highest BCUT2D eigenvalue weighted by molar-refractivity contribution is 7.89. The molecule has 8 heteroatoms. The fraction of sp³-hybridized carbons (Fsp3) is 0.417. The number of sulfonamides is 1. The van der Waals surface area contributed by atoms with Crippen LogP contribution < -0.4 is 15.8 Å². The molecule has 0 aliphatic carbocycles. The Hall–Kier alpha value is -1.64. The average molecular weight is 301 g/mol.